The van der Waals surface area contributed by atoms with Crippen molar-refractivity contribution in [2.24, 2.45) is 0 Å². The van der Waals surface area contributed by atoms with Crippen molar-refractivity contribution >= 4 is 28.1 Å². The predicted octanol–water partition coefficient (Wildman–Crippen LogP) is 4.89. The molecule has 5 heteroatoms. The number of nitrogens with zero attached hydrogens (tertiary/aromatic N) is 2. The van der Waals surface area contributed by atoms with E-state index in [2.05, 4.69) is 26.1 Å². The lowest BCUT2D eigenvalue weighted by Crippen LogP contribution is -1.96. The van der Waals surface area contributed by atoms with Gasteiger partial charge in [-0.25, -0.2) is 0 Å². The Bertz CT molecular complexity index is 813. The number of aromatic nitrogens is 2. The van der Waals surface area contributed by atoms with Crippen molar-refractivity contribution in [1.82, 2.24) is 10.2 Å². The van der Waals surface area contributed by atoms with E-state index in [4.69, 9.17) is 9.15 Å². The van der Waals surface area contributed by atoms with Crippen LogP contribution in [0.4, 0.5) is 0 Å². The van der Waals surface area contributed by atoms with Crippen LogP contribution in [0.2, 0.25) is 0 Å². The SMILES string of the molecule is Cc1cc(OCc2nnc(/C=C/c3ccccc3)o2)ccc1Br. The lowest BCUT2D eigenvalue weighted by Gasteiger charge is -2.05. The highest BCUT2D eigenvalue weighted by molar-refractivity contribution is 9.10. The number of hydrogen-bond acceptors (Lipinski definition) is 4. The van der Waals surface area contributed by atoms with Gasteiger partial charge in [-0.3, -0.25) is 0 Å². The molecule has 4 nitrogen and oxygen atoms in total. The predicted molar refractivity (Wildman–Crippen MR) is 92.9 cm³/mol. The summed E-state index contributed by atoms with van der Waals surface area (Å²) in [6.07, 6.45) is 3.71. The maximum absolute atomic E-state index is 5.66. The normalized spacial score (nSPS) is 11.0. The molecule has 0 bridgehead atoms. The molecule has 2 aromatic carbocycles. The Morgan fingerprint density at radius 2 is 1.91 bits per heavy atom. The van der Waals surface area contributed by atoms with Crippen LogP contribution in [0.5, 0.6) is 5.75 Å². The largest absolute Gasteiger partial charge is 0.484 e. The zero-order valence-corrected chi connectivity index (χ0v) is 14.2. The van der Waals surface area contributed by atoms with Crippen LogP contribution in [-0.2, 0) is 6.61 Å². The molecule has 0 atom stereocenters. The molecule has 0 aliphatic rings. The van der Waals surface area contributed by atoms with Gasteiger partial charge in [-0.1, -0.05) is 46.3 Å². The number of hydrogen-bond donors (Lipinski definition) is 0. The standard InChI is InChI=1S/C18H15BrN2O2/c1-13-11-15(8-9-16(13)19)22-12-18-21-20-17(23-18)10-7-14-5-3-2-4-6-14/h2-11H,12H2,1H3/b10-7+. The van der Waals surface area contributed by atoms with Gasteiger partial charge in [-0.2, -0.15) is 0 Å². The summed E-state index contributed by atoms with van der Waals surface area (Å²) in [7, 11) is 0. The Labute approximate surface area is 142 Å². The van der Waals surface area contributed by atoms with Crippen LogP contribution in [0.3, 0.4) is 0 Å². The lowest BCUT2D eigenvalue weighted by molar-refractivity contribution is 0.262. The van der Waals surface area contributed by atoms with Crippen molar-refractivity contribution in [3.05, 3.63) is 75.9 Å². The van der Waals surface area contributed by atoms with E-state index in [1.807, 2.05) is 61.5 Å². The van der Waals surface area contributed by atoms with Crippen LogP contribution < -0.4 is 4.74 Å². The van der Waals surface area contributed by atoms with Gasteiger partial charge >= 0.3 is 0 Å². The molecule has 3 aromatic rings. The fourth-order valence-electron chi connectivity index (χ4n) is 1.98. The number of benzene rings is 2. The summed E-state index contributed by atoms with van der Waals surface area (Å²) >= 11 is 3.46. The second-order valence-corrected chi connectivity index (χ2v) is 5.83. The molecule has 23 heavy (non-hydrogen) atoms. The summed E-state index contributed by atoms with van der Waals surface area (Å²) in [5.74, 6) is 1.67. The minimum Gasteiger partial charge on any atom is -0.484 e. The summed E-state index contributed by atoms with van der Waals surface area (Å²) in [5, 5.41) is 7.97. The van der Waals surface area contributed by atoms with Gasteiger partial charge in [0.05, 0.1) is 0 Å². The van der Waals surface area contributed by atoms with Crippen molar-refractivity contribution in [3.8, 4) is 5.75 Å². The second kappa shape index (κ2) is 7.24. The van der Waals surface area contributed by atoms with Crippen LogP contribution in [0.15, 0.2) is 57.4 Å². The van der Waals surface area contributed by atoms with Crippen LogP contribution in [0.1, 0.15) is 22.9 Å². The van der Waals surface area contributed by atoms with Crippen molar-refractivity contribution in [1.29, 1.82) is 0 Å². The molecule has 0 amide bonds. The molecule has 1 aromatic heterocycles. The highest BCUT2D eigenvalue weighted by Crippen LogP contribution is 2.22. The summed E-state index contributed by atoms with van der Waals surface area (Å²) < 4.78 is 12.3. The molecule has 0 unspecified atom stereocenters. The van der Waals surface area contributed by atoms with E-state index in [9.17, 15) is 0 Å². The van der Waals surface area contributed by atoms with Gasteiger partial charge < -0.3 is 9.15 Å². The molecule has 116 valence electrons. The van der Waals surface area contributed by atoms with Crippen LogP contribution in [0, 0.1) is 6.92 Å². The third-order valence-corrected chi connectivity index (χ3v) is 4.08. The number of halogens is 1. The Kier molecular flexibility index (Phi) is 4.88. The van der Waals surface area contributed by atoms with E-state index >= 15 is 0 Å². The van der Waals surface area contributed by atoms with E-state index in [0.29, 0.717) is 11.8 Å². The zero-order chi connectivity index (χ0) is 16.1. The molecule has 0 aliphatic carbocycles. The fourth-order valence-corrected chi connectivity index (χ4v) is 2.22. The summed E-state index contributed by atoms with van der Waals surface area (Å²) in [5.41, 5.74) is 2.19. The topological polar surface area (TPSA) is 48.2 Å². The van der Waals surface area contributed by atoms with Gasteiger partial charge in [0, 0.05) is 10.5 Å². The Morgan fingerprint density at radius 1 is 1.09 bits per heavy atom. The zero-order valence-electron chi connectivity index (χ0n) is 12.6. The fraction of sp³-hybridized carbons (Fsp3) is 0.111. The third-order valence-electron chi connectivity index (χ3n) is 3.19. The molecule has 0 radical (unpaired) electrons. The smallest absolute Gasteiger partial charge is 0.254 e. The summed E-state index contributed by atoms with van der Waals surface area (Å²) in [6.45, 7) is 2.25. The van der Waals surface area contributed by atoms with Crippen molar-refractivity contribution in [2.75, 3.05) is 0 Å². The first-order valence-electron chi connectivity index (χ1n) is 7.15. The Balaban J connectivity index is 1.61. The molecular weight excluding hydrogens is 356 g/mol. The molecule has 0 saturated carbocycles. The minimum atomic E-state index is 0.243. The van der Waals surface area contributed by atoms with E-state index < -0.39 is 0 Å². The first-order valence-corrected chi connectivity index (χ1v) is 7.94. The number of ether oxygens (including phenoxy) is 1. The maximum Gasteiger partial charge on any atom is 0.254 e. The Hall–Kier alpha value is -2.40. The minimum absolute atomic E-state index is 0.243. The maximum atomic E-state index is 5.66. The van der Waals surface area contributed by atoms with E-state index in [1.54, 1.807) is 6.08 Å². The van der Waals surface area contributed by atoms with Gasteiger partial charge in [-0.05, 0) is 42.3 Å². The molecule has 0 saturated heterocycles. The number of rotatable bonds is 5. The van der Waals surface area contributed by atoms with E-state index in [1.165, 1.54) is 0 Å². The van der Waals surface area contributed by atoms with E-state index in [0.717, 1.165) is 21.3 Å². The van der Waals surface area contributed by atoms with Gasteiger partial charge in [0.15, 0.2) is 6.61 Å². The van der Waals surface area contributed by atoms with Crippen molar-refractivity contribution < 1.29 is 9.15 Å². The average Bonchev–Trinajstić information content (AvgIpc) is 3.03. The summed E-state index contributed by atoms with van der Waals surface area (Å²) in [6, 6.07) is 15.7. The van der Waals surface area contributed by atoms with Gasteiger partial charge in [-0.15, -0.1) is 10.2 Å². The number of aryl methyl sites for hydroxylation is 1. The van der Waals surface area contributed by atoms with Crippen LogP contribution >= 0.6 is 15.9 Å². The molecule has 0 spiro atoms. The molecule has 0 fully saturated rings. The van der Waals surface area contributed by atoms with Crippen LogP contribution in [0.25, 0.3) is 12.2 Å². The van der Waals surface area contributed by atoms with Crippen molar-refractivity contribution in [3.63, 3.8) is 0 Å². The monoisotopic (exact) mass is 370 g/mol. The first kappa shape index (κ1) is 15.5. The van der Waals surface area contributed by atoms with Gasteiger partial charge in [0.25, 0.3) is 5.89 Å². The summed E-state index contributed by atoms with van der Waals surface area (Å²) in [4.78, 5) is 0. The Morgan fingerprint density at radius 3 is 2.70 bits per heavy atom. The molecular formula is C18H15BrN2O2. The van der Waals surface area contributed by atoms with Gasteiger partial charge in [0.2, 0.25) is 5.89 Å². The molecule has 0 aliphatic heterocycles. The molecule has 3 rings (SSSR count). The van der Waals surface area contributed by atoms with E-state index in [-0.39, 0.29) is 6.61 Å². The second-order valence-electron chi connectivity index (χ2n) is 4.98. The lowest BCUT2D eigenvalue weighted by atomic mass is 10.2. The first-order chi connectivity index (χ1) is 11.2. The van der Waals surface area contributed by atoms with Crippen LogP contribution in [-0.4, -0.2) is 10.2 Å². The third kappa shape index (κ3) is 4.29. The quantitative estimate of drug-likeness (QED) is 0.641. The molecule has 0 N–H and O–H groups in total. The van der Waals surface area contributed by atoms with Crippen molar-refractivity contribution in [2.45, 2.75) is 13.5 Å². The average molecular weight is 371 g/mol. The highest BCUT2D eigenvalue weighted by atomic mass is 79.9. The molecule has 1 heterocycles. The van der Waals surface area contributed by atoms with Gasteiger partial charge in [0.1, 0.15) is 5.75 Å². The highest BCUT2D eigenvalue weighted by Gasteiger charge is 2.05.